The van der Waals surface area contributed by atoms with Gasteiger partial charge >= 0.3 is 0 Å². The molecule has 6 heteroatoms. The number of nitrogens with zero attached hydrogens (tertiary/aromatic N) is 2. The molecule has 0 saturated carbocycles. The van der Waals surface area contributed by atoms with Crippen molar-refractivity contribution in [1.29, 1.82) is 0 Å². The molecule has 1 aliphatic rings. The van der Waals surface area contributed by atoms with Gasteiger partial charge in [-0.3, -0.25) is 9.78 Å². The third-order valence-corrected chi connectivity index (χ3v) is 5.40. The van der Waals surface area contributed by atoms with Crippen molar-refractivity contribution >= 4 is 40.5 Å². The number of carbonyl (C=O) groups excluding carboxylic acids is 1. The molecule has 0 unspecified atom stereocenters. The van der Waals surface area contributed by atoms with E-state index in [4.69, 9.17) is 23.2 Å². The van der Waals surface area contributed by atoms with Crippen LogP contribution in [0.3, 0.4) is 0 Å². The van der Waals surface area contributed by atoms with Crippen LogP contribution in [-0.4, -0.2) is 17.4 Å². The first kappa shape index (κ1) is 17.8. The minimum atomic E-state index is -0.236. The summed E-state index contributed by atoms with van der Waals surface area (Å²) in [4.78, 5) is 19.1. The lowest BCUT2D eigenvalue weighted by Gasteiger charge is -2.30. The molecule has 2 heterocycles. The molecule has 136 valence electrons. The van der Waals surface area contributed by atoms with Crippen molar-refractivity contribution in [2.24, 2.45) is 0 Å². The summed E-state index contributed by atoms with van der Waals surface area (Å²) in [5.74, 6) is -0.236. The van der Waals surface area contributed by atoms with Gasteiger partial charge in [0.15, 0.2) is 0 Å². The number of rotatable bonds is 3. The lowest BCUT2D eigenvalue weighted by Crippen LogP contribution is -2.30. The van der Waals surface area contributed by atoms with Crippen LogP contribution >= 0.6 is 23.2 Å². The minimum Gasteiger partial charge on any atom is -0.366 e. The second kappa shape index (κ2) is 7.59. The lowest BCUT2D eigenvalue weighted by molar-refractivity contribution is 0.102. The Labute approximate surface area is 167 Å². The fourth-order valence-electron chi connectivity index (χ4n) is 3.22. The second-order valence-corrected chi connectivity index (χ2v) is 7.27. The summed E-state index contributed by atoms with van der Waals surface area (Å²) in [6.45, 7) is 1.71. The zero-order valence-electron chi connectivity index (χ0n) is 14.5. The first-order valence-corrected chi connectivity index (χ1v) is 9.39. The number of benzene rings is 2. The van der Waals surface area contributed by atoms with E-state index in [1.807, 2.05) is 6.07 Å². The Balaban J connectivity index is 1.52. The van der Waals surface area contributed by atoms with Crippen LogP contribution in [0.5, 0.6) is 0 Å². The molecule has 27 heavy (non-hydrogen) atoms. The van der Waals surface area contributed by atoms with Gasteiger partial charge in [-0.2, -0.15) is 0 Å². The molecule has 4 rings (SSSR count). The number of nitrogens with one attached hydrogen (secondary N) is 1. The van der Waals surface area contributed by atoms with Crippen molar-refractivity contribution in [3.63, 3.8) is 0 Å². The van der Waals surface area contributed by atoms with Gasteiger partial charge in [-0.15, -0.1) is 0 Å². The zero-order chi connectivity index (χ0) is 18.8. The molecule has 0 atom stereocenters. The number of amides is 1. The highest BCUT2D eigenvalue weighted by atomic mass is 35.5. The zero-order valence-corrected chi connectivity index (χ0v) is 16.0. The Morgan fingerprint density at radius 2 is 1.81 bits per heavy atom. The summed E-state index contributed by atoms with van der Waals surface area (Å²) in [5, 5.41) is 3.68. The van der Waals surface area contributed by atoms with Crippen LogP contribution in [0.1, 0.15) is 21.5 Å². The fourth-order valence-corrected chi connectivity index (χ4v) is 3.52. The van der Waals surface area contributed by atoms with Gasteiger partial charge in [0.25, 0.3) is 5.91 Å². The van der Waals surface area contributed by atoms with Crippen molar-refractivity contribution in [3.05, 3.63) is 87.7 Å². The number of aromatic nitrogens is 1. The largest absolute Gasteiger partial charge is 0.366 e. The number of hydrogen-bond acceptors (Lipinski definition) is 3. The van der Waals surface area contributed by atoms with E-state index in [2.05, 4.69) is 39.5 Å². The molecular formula is C21H17Cl2N3O. The molecule has 0 aliphatic carbocycles. The average molecular weight is 398 g/mol. The van der Waals surface area contributed by atoms with Crippen molar-refractivity contribution in [3.8, 4) is 0 Å². The van der Waals surface area contributed by atoms with Crippen LogP contribution in [0.2, 0.25) is 10.0 Å². The van der Waals surface area contributed by atoms with Crippen molar-refractivity contribution in [1.82, 2.24) is 4.98 Å². The molecule has 1 N–H and O–H groups in total. The maximum atomic E-state index is 12.6. The topological polar surface area (TPSA) is 45.2 Å². The van der Waals surface area contributed by atoms with Gasteiger partial charge in [0.1, 0.15) is 0 Å². The predicted octanol–water partition coefficient (Wildman–Crippen LogP) is 5.20. The molecule has 0 saturated heterocycles. The molecule has 1 amide bonds. The summed E-state index contributed by atoms with van der Waals surface area (Å²) in [6, 6.07) is 15.3. The van der Waals surface area contributed by atoms with Crippen LogP contribution in [0.25, 0.3) is 0 Å². The highest BCUT2D eigenvalue weighted by molar-refractivity contribution is 6.42. The van der Waals surface area contributed by atoms with E-state index < -0.39 is 0 Å². The van der Waals surface area contributed by atoms with Crippen LogP contribution in [0.4, 0.5) is 11.4 Å². The molecule has 1 aromatic heterocycles. The lowest BCUT2D eigenvalue weighted by atomic mass is 9.99. The van der Waals surface area contributed by atoms with Crippen LogP contribution in [-0.2, 0) is 13.0 Å². The summed E-state index contributed by atoms with van der Waals surface area (Å²) < 4.78 is 0. The van der Waals surface area contributed by atoms with Crippen molar-refractivity contribution in [2.75, 3.05) is 16.8 Å². The standard InChI is InChI=1S/C21H17Cl2N3O/c22-19-6-5-17(10-20(19)23)25-21(27)16-9-18(12-24-11-16)26-8-7-14-3-1-2-4-15(14)13-26/h1-6,9-12H,7-8,13H2,(H,25,27). The van der Waals surface area contributed by atoms with E-state index in [-0.39, 0.29) is 5.91 Å². The van der Waals surface area contributed by atoms with Crippen LogP contribution in [0, 0.1) is 0 Å². The Hall–Kier alpha value is -2.56. The Morgan fingerprint density at radius 3 is 2.63 bits per heavy atom. The Kier molecular flexibility index (Phi) is 5.01. The maximum Gasteiger partial charge on any atom is 0.257 e. The number of hydrogen-bond donors (Lipinski definition) is 1. The highest BCUT2D eigenvalue weighted by Crippen LogP contribution is 2.27. The first-order chi connectivity index (χ1) is 13.1. The second-order valence-electron chi connectivity index (χ2n) is 6.46. The fraction of sp³-hybridized carbons (Fsp3) is 0.143. The van der Waals surface area contributed by atoms with Crippen LogP contribution in [0.15, 0.2) is 60.9 Å². The van der Waals surface area contributed by atoms with Gasteiger partial charge in [-0.1, -0.05) is 47.5 Å². The van der Waals surface area contributed by atoms with E-state index in [0.717, 1.165) is 25.2 Å². The highest BCUT2D eigenvalue weighted by Gasteiger charge is 2.17. The Morgan fingerprint density at radius 1 is 1.00 bits per heavy atom. The first-order valence-electron chi connectivity index (χ1n) is 8.63. The summed E-state index contributed by atoms with van der Waals surface area (Å²) in [7, 11) is 0. The van der Waals surface area contributed by atoms with E-state index in [1.54, 1.807) is 30.6 Å². The molecular weight excluding hydrogens is 381 g/mol. The van der Waals surface area contributed by atoms with E-state index in [9.17, 15) is 4.79 Å². The average Bonchev–Trinajstić information content (AvgIpc) is 2.70. The number of fused-ring (bicyclic) bond motifs is 1. The van der Waals surface area contributed by atoms with Gasteiger partial charge in [0.05, 0.1) is 27.5 Å². The number of pyridine rings is 1. The number of anilines is 2. The number of halogens is 2. The summed E-state index contributed by atoms with van der Waals surface area (Å²) in [5.41, 5.74) is 4.72. The molecule has 2 aromatic carbocycles. The summed E-state index contributed by atoms with van der Waals surface area (Å²) in [6.07, 6.45) is 4.34. The van der Waals surface area contributed by atoms with Crippen LogP contribution < -0.4 is 10.2 Å². The quantitative estimate of drug-likeness (QED) is 0.659. The Bertz CT molecular complexity index is 1010. The normalized spacial score (nSPS) is 13.2. The van der Waals surface area contributed by atoms with Crippen molar-refractivity contribution < 1.29 is 4.79 Å². The molecule has 4 nitrogen and oxygen atoms in total. The van der Waals surface area contributed by atoms with E-state index >= 15 is 0 Å². The van der Waals surface area contributed by atoms with E-state index in [1.165, 1.54) is 11.1 Å². The smallest absolute Gasteiger partial charge is 0.257 e. The maximum absolute atomic E-state index is 12.6. The number of carbonyl (C=O) groups is 1. The third kappa shape index (κ3) is 3.92. The van der Waals surface area contributed by atoms with Gasteiger partial charge in [-0.25, -0.2) is 0 Å². The molecule has 1 aliphatic heterocycles. The van der Waals surface area contributed by atoms with Gasteiger partial charge in [-0.05, 0) is 41.8 Å². The monoisotopic (exact) mass is 397 g/mol. The summed E-state index contributed by atoms with van der Waals surface area (Å²) >= 11 is 11.9. The van der Waals surface area contributed by atoms with E-state index in [0.29, 0.717) is 21.3 Å². The van der Waals surface area contributed by atoms with Gasteiger partial charge in [0.2, 0.25) is 0 Å². The molecule has 0 radical (unpaired) electrons. The predicted molar refractivity (Wildman–Crippen MR) is 110 cm³/mol. The van der Waals surface area contributed by atoms with Crippen molar-refractivity contribution in [2.45, 2.75) is 13.0 Å². The molecule has 0 bridgehead atoms. The molecule has 0 spiro atoms. The third-order valence-electron chi connectivity index (χ3n) is 4.66. The minimum absolute atomic E-state index is 0.236. The molecule has 0 fully saturated rings. The van der Waals surface area contributed by atoms with Gasteiger partial charge in [0, 0.05) is 25.0 Å². The SMILES string of the molecule is O=C(Nc1ccc(Cl)c(Cl)c1)c1cncc(N2CCc3ccccc3C2)c1. The molecule has 3 aromatic rings. The van der Waals surface area contributed by atoms with Gasteiger partial charge < -0.3 is 10.2 Å².